The molecule has 174 valence electrons. The number of carbonyl (C=O) groups excluding carboxylic acids is 2. The highest BCUT2D eigenvalue weighted by Gasteiger charge is 2.28. The predicted octanol–water partition coefficient (Wildman–Crippen LogP) is 4.64. The van der Waals surface area contributed by atoms with Crippen molar-refractivity contribution in [3.63, 3.8) is 0 Å². The number of ether oxygens (including phenoxy) is 1. The van der Waals surface area contributed by atoms with E-state index >= 15 is 0 Å². The molecule has 0 radical (unpaired) electrons. The summed E-state index contributed by atoms with van der Waals surface area (Å²) in [6, 6.07) is 25.2. The molecule has 0 aliphatic rings. The van der Waals surface area contributed by atoms with Crippen LogP contribution in [-0.4, -0.2) is 35.1 Å². The van der Waals surface area contributed by atoms with Gasteiger partial charge in [-0.05, 0) is 22.8 Å². The predicted molar refractivity (Wildman–Crippen MR) is 132 cm³/mol. The molecule has 0 heterocycles. The Hall–Kier alpha value is -3.83. The van der Waals surface area contributed by atoms with E-state index < -0.39 is 18.0 Å². The third-order valence-electron chi connectivity index (χ3n) is 5.16. The fourth-order valence-corrected chi connectivity index (χ4v) is 3.71. The zero-order chi connectivity index (χ0) is 24.3. The molecule has 0 aliphatic carbocycles. The van der Waals surface area contributed by atoms with Gasteiger partial charge in [-0.3, -0.25) is 4.79 Å². The third-order valence-corrected chi connectivity index (χ3v) is 5.93. The van der Waals surface area contributed by atoms with E-state index in [1.165, 1.54) is 17.1 Å². The molecule has 0 bridgehead atoms. The van der Waals surface area contributed by atoms with Gasteiger partial charge >= 0.3 is 6.09 Å². The summed E-state index contributed by atoms with van der Waals surface area (Å²) in [7, 11) is 1.51. The van der Waals surface area contributed by atoms with Crippen LogP contribution >= 0.6 is 15.9 Å². The average molecular weight is 521 g/mol. The number of nitrogens with zero attached hydrogens (tertiary/aromatic N) is 3. The number of alkyl carbamates (subject to hydrolysis) is 1. The van der Waals surface area contributed by atoms with Crippen LogP contribution in [0.1, 0.15) is 16.7 Å². The van der Waals surface area contributed by atoms with E-state index in [1.54, 1.807) is 0 Å². The largest absolute Gasteiger partial charge is 0.445 e. The van der Waals surface area contributed by atoms with Crippen molar-refractivity contribution in [1.29, 1.82) is 5.26 Å². The fraction of sp³-hybridized carbons (Fsp3) is 0.192. The lowest BCUT2D eigenvalue weighted by molar-refractivity contribution is -0.144. The highest BCUT2D eigenvalue weighted by molar-refractivity contribution is 9.10. The summed E-state index contributed by atoms with van der Waals surface area (Å²) in [6.07, 6.45) is 1.59. The van der Waals surface area contributed by atoms with Crippen molar-refractivity contribution >= 4 is 27.9 Å². The highest BCUT2D eigenvalue weighted by Crippen LogP contribution is 2.18. The van der Waals surface area contributed by atoms with Crippen molar-refractivity contribution < 1.29 is 14.3 Å². The van der Waals surface area contributed by atoms with Crippen LogP contribution in [0.15, 0.2) is 89.4 Å². The maximum atomic E-state index is 13.4. The molecule has 34 heavy (non-hydrogen) atoms. The summed E-state index contributed by atoms with van der Waals surface area (Å²) >= 11 is 3.47. The second-order valence-electron chi connectivity index (χ2n) is 7.56. The molecular weight excluding hydrogens is 496 g/mol. The Morgan fingerprint density at radius 2 is 1.56 bits per heavy atom. The van der Waals surface area contributed by atoms with Gasteiger partial charge in [-0.2, -0.15) is 5.26 Å². The average Bonchev–Trinajstić information content (AvgIpc) is 2.87. The molecule has 8 heteroatoms. The lowest BCUT2D eigenvalue weighted by Gasteiger charge is -2.30. The number of hydrazine groups is 1. The highest BCUT2D eigenvalue weighted by atomic mass is 79.9. The van der Waals surface area contributed by atoms with E-state index in [9.17, 15) is 14.9 Å². The van der Waals surface area contributed by atoms with Gasteiger partial charge in [0.1, 0.15) is 12.6 Å². The molecule has 3 aromatic rings. The first-order valence-corrected chi connectivity index (χ1v) is 11.5. The first kappa shape index (κ1) is 24.8. The van der Waals surface area contributed by atoms with Gasteiger partial charge in [0.25, 0.3) is 5.91 Å². The Morgan fingerprint density at radius 1 is 0.971 bits per heavy atom. The molecule has 3 aromatic carbocycles. The van der Waals surface area contributed by atoms with Gasteiger partial charge in [0.2, 0.25) is 0 Å². The van der Waals surface area contributed by atoms with Crippen LogP contribution in [0.2, 0.25) is 0 Å². The Kier molecular flexibility index (Phi) is 9.06. The molecule has 0 aliphatic heterocycles. The van der Waals surface area contributed by atoms with Gasteiger partial charge in [-0.1, -0.05) is 94.8 Å². The maximum Gasteiger partial charge on any atom is 0.408 e. The van der Waals surface area contributed by atoms with Crippen molar-refractivity contribution in [2.24, 2.45) is 0 Å². The molecule has 0 aromatic heterocycles. The summed E-state index contributed by atoms with van der Waals surface area (Å²) in [5, 5.41) is 14.9. The SMILES string of the molecule is CN(C(=O)[C@H](Cc1ccccc1)NC(=O)OCc1ccccc1)N(C#N)Cc1ccccc1Br. The molecule has 0 fully saturated rings. The van der Waals surface area contributed by atoms with Crippen LogP contribution < -0.4 is 5.32 Å². The van der Waals surface area contributed by atoms with Crippen molar-refractivity contribution in [3.8, 4) is 6.19 Å². The maximum absolute atomic E-state index is 13.4. The van der Waals surface area contributed by atoms with Crippen LogP contribution in [0.3, 0.4) is 0 Å². The van der Waals surface area contributed by atoms with Gasteiger partial charge in [0.15, 0.2) is 6.19 Å². The molecule has 0 unspecified atom stereocenters. The van der Waals surface area contributed by atoms with Crippen LogP contribution in [-0.2, 0) is 29.1 Å². The second kappa shape index (κ2) is 12.4. The molecule has 3 rings (SSSR count). The zero-order valence-electron chi connectivity index (χ0n) is 18.7. The minimum atomic E-state index is -0.925. The van der Waals surface area contributed by atoms with Crippen molar-refractivity contribution in [2.45, 2.75) is 25.6 Å². The van der Waals surface area contributed by atoms with Crippen LogP contribution in [0.25, 0.3) is 0 Å². The number of rotatable bonds is 9. The lowest BCUT2D eigenvalue weighted by atomic mass is 10.1. The number of hydrogen-bond acceptors (Lipinski definition) is 5. The fourth-order valence-electron chi connectivity index (χ4n) is 3.30. The quantitative estimate of drug-likeness (QED) is 0.252. The Balaban J connectivity index is 1.72. The van der Waals surface area contributed by atoms with E-state index in [1.807, 2.05) is 84.9 Å². The Bertz CT molecular complexity index is 1140. The zero-order valence-corrected chi connectivity index (χ0v) is 20.3. The standard InChI is InChI=1S/C26H25BrN4O3/c1-30(31(19-28)17-22-14-8-9-15-23(22)27)25(32)24(16-20-10-4-2-5-11-20)29-26(33)34-18-21-12-6-3-7-13-21/h2-15,24H,16-18H2,1H3,(H,29,33)/t24-/m0/s1. The summed E-state index contributed by atoms with van der Waals surface area (Å²) in [5.74, 6) is -0.436. The first-order chi connectivity index (χ1) is 16.5. The number of hydrogen-bond donors (Lipinski definition) is 1. The number of likely N-dealkylation sites (N-methyl/N-ethyl adjacent to an activating group) is 1. The molecule has 0 spiro atoms. The Morgan fingerprint density at radius 3 is 2.18 bits per heavy atom. The molecular formula is C26H25BrN4O3. The van der Waals surface area contributed by atoms with Crippen LogP contribution in [0.5, 0.6) is 0 Å². The molecule has 0 saturated carbocycles. The molecule has 0 saturated heterocycles. The topological polar surface area (TPSA) is 85.7 Å². The van der Waals surface area contributed by atoms with E-state index in [2.05, 4.69) is 27.4 Å². The summed E-state index contributed by atoms with van der Waals surface area (Å²) < 4.78 is 6.15. The number of halogens is 1. The van der Waals surface area contributed by atoms with Crippen molar-refractivity contribution in [1.82, 2.24) is 15.3 Å². The third kappa shape index (κ3) is 7.09. The minimum absolute atomic E-state index is 0.0844. The number of nitrogens with one attached hydrogen (secondary N) is 1. The second-order valence-corrected chi connectivity index (χ2v) is 8.41. The van der Waals surface area contributed by atoms with Crippen LogP contribution in [0, 0.1) is 11.5 Å². The summed E-state index contributed by atoms with van der Waals surface area (Å²) in [4.78, 5) is 25.9. The van der Waals surface area contributed by atoms with E-state index in [4.69, 9.17) is 4.74 Å². The van der Waals surface area contributed by atoms with E-state index in [0.29, 0.717) is 0 Å². The van der Waals surface area contributed by atoms with Gasteiger partial charge in [-0.15, -0.1) is 0 Å². The number of carbonyl (C=O) groups is 2. The smallest absolute Gasteiger partial charge is 0.408 e. The van der Waals surface area contributed by atoms with Crippen molar-refractivity contribution in [3.05, 3.63) is 106 Å². The van der Waals surface area contributed by atoms with E-state index in [-0.39, 0.29) is 19.6 Å². The molecule has 7 nitrogen and oxygen atoms in total. The van der Waals surface area contributed by atoms with E-state index in [0.717, 1.165) is 21.2 Å². The number of amides is 2. The number of nitriles is 1. The normalized spacial score (nSPS) is 11.1. The van der Waals surface area contributed by atoms with Crippen LogP contribution in [0.4, 0.5) is 4.79 Å². The van der Waals surface area contributed by atoms with Gasteiger partial charge < -0.3 is 10.1 Å². The monoisotopic (exact) mass is 520 g/mol. The lowest BCUT2D eigenvalue weighted by Crippen LogP contribution is -2.52. The molecule has 1 N–H and O–H groups in total. The first-order valence-electron chi connectivity index (χ1n) is 10.7. The van der Waals surface area contributed by atoms with Gasteiger partial charge in [0.05, 0.1) is 6.54 Å². The molecule has 2 amide bonds. The van der Waals surface area contributed by atoms with Crippen molar-refractivity contribution in [2.75, 3.05) is 7.05 Å². The van der Waals surface area contributed by atoms with Gasteiger partial charge in [0, 0.05) is 17.9 Å². The minimum Gasteiger partial charge on any atom is -0.445 e. The van der Waals surface area contributed by atoms with Gasteiger partial charge in [-0.25, -0.2) is 14.8 Å². The summed E-state index contributed by atoms with van der Waals surface area (Å²) in [5.41, 5.74) is 2.55. The molecule has 1 atom stereocenters. The number of benzene rings is 3. The Labute approximate surface area is 207 Å². The summed E-state index contributed by atoms with van der Waals surface area (Å²) in [6.45, 7) is 0.276.